The van der Waals surface area contributed by atoms with Crippen molar-refractivity contribution in [1.82, 2.24) is 19.2 Å². The number of ether oxygens (including phenoxy) is 1. The number of halogens is 3. The van der Waals surface area contributed by atoms with Crippen molar-refractivity contribution in [2.45, 2.75) is 12.7 Å². The number of hydrogen-bond donors (Lipinski definition) is 1. The number of alkyl halides is 3. The van der Waals surface area contributed by atoms with Crippen molar-refractivity contribution in [1.29, 1.82) is 0 Å². The second-order valence-corrected chi connectivity index (χ2v) is 6.61. The van der Waals surface area contributed by atoms with Gasteiger partial charge in [0, 0.05) is 31.2 Å². The number of benzene rings is 1. The van der Waals surface area contributed by atoms with E-state index in [1.165, 1.54) is 28.9 Å². The van der Waals surface area contributed by atoms with Crippen molar-refractivity contribution < 1.29 is 22.7 Å². The molecule has 0 atom stereocenters. The number of fused-ring (bicyclic) bond motifs is 1. The van der Waals surface area contributed by atoms with Crippen LogP contribution in [-0.4, -0.2) is 51.4 Å². The van der Waals surface area contributed by atoms with E-state index in [1.54, 1.807) is 0 Å². The maximum absolute atomic E-state index is 12.8. The molecule has 30 heavy (non-hydrogen) atoms. The normalized spacial score (nSPS) is 14.8. The number of nitrogens with zero attached hydrogens (tertiary/aromatic N) is 5. The Hall–Kier alpha value is -3.41. The summed E-state index contributed by atoms with van der Waals surface area (Å²) in [6.07, 6.45) is -1.62. The van der Waals surface area contributed by atoms with Gasteiger partial charge in [-0.3, -0.25) is 4.79 Å². The van der Waals surface area contributed by atoms with Gasteiger partial charge in [-0.2, -0.15) is 13.2 Å². The Morgan fingerprint density at radius 2 is 2.00 bits per heavy atom. The molecule has 1 N–H and O–H groups in total. The van der Waals surface area contributed by atoms with Gasteiger partial charge in [-0.05, 0) is 18.2 Å². The highest BCUT2D eigenvalue weighted by Crippen LogP contribution is 2.30. The zero-order chi connectivity index (χ0) is 21.3. The topological polar surface area (TPSA) is 93.8 Å². The van der Waals surface area contributed by atoms with Crippen LogP contribution in [0.5, 0.6) is 0 Å². The van der Waals surface area contributed by atoms with E-state index in [1.807, 2.05) is 4.90 Å². The number of anilines is 2. The van der Waals surface area contributed by atoms with Gasteiger partial charge in [0.25, 0.3) is 0 Å². The van der Waals surface area contributed by atoms with Gasteiger partial charge in [-0.1, -0.05) is 6.07 Å². The number of amides is 1. The van der Waals surface area contributed by atoms with Gasteiger partial charge < -0.3 is 15.0 Å². The van der Waals surface area contributed by atoms with Gasteiger partial charge in [0.05, 0.1) is 18.8 Å². The Bertz CT molecular complexity index is 1130. The first-order chi connectivity index (χ1) is 14.3. The third-order valence-electron chi connectivity index (χ3n) is 4.56. The lowest BCUT2D eigenvalue weighted by molar-refractivity contribution is -0.137. The number of carbonyl (C=O) groups is 1. The Balaban J connectivity index is 1.56. The summed E-state index contributed by atoms with van der Waals surface area (Å²) in [6.45, 7) is 1.76. The van der Waals surface area contributed by atoms with Crippen LogP contribution in [0.2, 0.25) is 0 Å². The summed E-state index contributed by atoms with van der Waals surface area (Å²) in [7, 11) is 0. The van der Waals surface area contributed by atoms with Gasteiger partial charge >= 0.3 is 11.9 Å². The molecular weight excluding hydrogens is 405 g/mol. The zero-order valence-electron chi connectivity index (χ0n) is 15.6. The first kappa shape index (κ1) is 19.9. The second-order valence-electron chi connectivity index (χ2n) is 6.61. The molecule has 1 aliphatic rings. The van der Waals surface area contributed by atoms with Crippen molar-refractivity contribution in [3.05, 3.63) is 52.7 Å². The summed E-state index contributed by atoms with van der Waals surface area (Å²) >= 11 is 0. The molecular formula is C18H17F3N6O3. The Kier molecular flexibility index (Phi) is 5.16. The number of morpholine rings is 1. The molecule has 1 aliphatic heterocycles. The lowest BCUT2D eigenvalue weighted by atomic mass is 10.2. The van der Waals surface area contributed by atoms with Crippen LogP contribution < -0.4 is 15.9 Å². The van der Waals surface area contributed by atoms with E-state index in [0.29, 0.717) is 32.1 Å². The van der Waals surface area contributed by atoms with Crippen LogP contribution in [0.1, 0.15) is 5.56 Å². The van der Waals surface area contributed by atoms with Crippen LogP contribution >= 0.6 is 0 Å². The molecule has 0 spiro atoms. The maximum atomic E-state index is 12.8. The Morgan fingerprint density at radius 3 is 2.73 bits per heavy atom. The van der Waals surface area contributed by atoms with Gasteiger partial charge in [-0.15, -0.1) is 5.10 Å². The molecule has 12 heteroatoms. The van der Waals surface area contributed by atoms with Crippen molar-refractivity contribution in [2.24, 2.45) is 0 Å². The highest BCUT2D eigenvalue weighted by atomic mass is 19.4. The Morgan fingerprint density at radius 1 is 1.23 bits per heavy atom. The van der Waals surface area contributed by atoms with Crippen molar-refractivity contribution in [3.63, 3.8) is 0 Å². The number of carbonyl (C=O) groups excluding carboxylic acids is 1. The molecule has 158 valence electrons. The van der Waals surface area contributed by atoms with Gasteiger partial charge in [0.15, 0.2) is 5.82 Å². The van der Waals surface area contributed by atoms with Gasteiger partial charge in [-0.25, -0.2) is 18.9 Å². The molecule has 1 fully saturated rings. The average molecular weight is 422 g/mol. The number of aromatic nitrogens is 4. The van der Waals surface area contributed by atoms with Crippen LogP contribution in [-0.2, 0) is 22.3 Å². The van der Waals surface area contributed by atoms with E-state index in [4.69, 9.17) is 4.74 Å². The van der Waals surface area contributed by atoms with E-state index < -0.39 is 29.9 Å². The van der Waals surface area contributed by atoms with Crippen LogP contribution in [0.15, 0.2) is 41.5 Å². The van der Waals surface area contributed by atoms with Gasteiger partial charge in [0.2, 0.25) is 11.6 Å². The smallest absolute Gasteiger partial charge is 0.378 e. The van der Waals surface area contributed by atoms with Crippen molar-refractivity contribution in [3.8, 4) is 0 Å². The number of nitrogens with one attached hydrogen (secondary N) is 1. The highest BCUT2D eigenvalue weighted by molar-refractivity contribution is 5.90. The second kappa shape index (κ2) is 7.78. The summed E-state index contributed by atoms with van der Waals surface area (Å²) in [4.78, 5) is 31.1. The first-order valence-corrected chi connectivity index (χ1v) is 9.07. The summed E-state index contributed by atoms with van der Waals surface area (Å²) < 4.78 is 46.0. The van der Waals surface area contributed by atoms with E-state index in [2.05, 4.69) is 15.4 Å². The van der Waals surface area contributed by atoms with Crippen molar-refractivity contribution in [2.75, 3.05) is 36.5 Å². The predicted octanol–water partition coefficient (Wildman–Crippen LogP) is 1.39. The molecule has 1 saturated heterocycles. The molecule has 0 saturated carbocycles. The molecule has 0 bridgehead atoms. The molecule has 2 aromatic heterocycles. The van der Waals surface area contributed by atoms with Crippen LogP contribution in [0.3, 0.4) is 0 Å². The zero-order valence-corrected chi connectivity index (χ0v) is 15.6. The third kappa shape index (κ3) is 3.99. The minimum atomic E-state index is -4.53. The standard InChI is InChI=1S/C18H17F3N6O3/c19-18(20,21)12-2-1-3-13(10-12)23-14(28)11-27-17(29)26-5-4-22-15(16(26)24-27)25-6-8-30-9-7-25/h1-5,10H,6-9,11H2,(H,23,28). The fraction of sp³-hybridized carbons (Fsp3) is 0.333. The fourth-order valence-electron chi connectivity index (χ4n) is 3.15. The molecule has 0 unspecified atom stereocenters. The van der Waals surface area contributed by atoms with Gasteiger partial charge in [0.1, 0.15) is 6.54 Å². The molecule has 0 radical (unpaired) electrons. The van der Waals surface area contributed by atoms with E-state index in [-0.39, 0.29) is 11.3 Å². The molecule has 3 heterocycles. The number of hydrogen-bond acceptors (Lipinski definition) is 6. The lowest BCUT2D eigenvalue weighted by Crippen LogP contribution is -2.37. The molecule has 3 aromatic rings. The minimum Gasteiger partial charge on any atom is -0.378 e. The largest absolute Gasteiger partial charge is 0.416 e. The molecule has 1 aromatic carbocycles. The van der Waals surface area contributed by atoms with Crippen LogP contribution in [0, 0.1) is 0 Å². The minimum absolute atomic E-state index is 0.0256. The predicted molar refractivity (Wildman–Crippen MR) is 100 cm³/mol. The summed E-state index contributed by atoms with van der Waals surface area (Å²) in [5.74, 6) is -0.185. The summed E-state index contributed by atoms with van der Waals surface area (Å²) in [6, 6.07) is 4.25. The average Bonchev–Trinajstić information content (AvgIpc) is 3.04. The molecule has 9 nitrogen and oxygen atoms in total. The summed E-state index contributed by atoms with van der Waals surface area (Å²) in [5.41, 5.74) is -1.17. The Labute approximate surface area is 167 Å². The maximum Gasteiger partial charge on any atom is 0.416 e. The van der Waals surface area contributed by atoms with E-state index >= 15 is 0 Å². The van der Waals surface area contributed by atoms with Crippen molar-refractivity contribution >= 4 is 23.1 Å². The van der Waals surface area contributed by atoms with E-state index in [9.17, 15) is 22.8 Å². The third-order valence-corrected chi connectivity index (χ3v) is 4.56. The molecule has 1 amide bonds. The molecule has 0 aliphatic carbocycles. The lowest BCUT2D eigenvalue weighted by Gasteiger charge is -2.27. The molecule has 4 rings (SSSR count). The monoisotopic (exact) mass is 422 g/mol. The van der Waals surface area contributed by atoms with Crippen LogP contribution in [0.25, 0.3) is 5.65 Å². The number of rotatable bonds is 4. The quantitative estimate of drug-likeness (QED) is 0.683. The van der Waals surface area contributed by atoms with E-state index in [0.717, 1.165) is 16.8 Å². The SMILES string of the molecule is O=C(Cn1nc2c(N3CCOCC3)nccn2c1=O)Nc1cccc(C(F)(F)F)c1. The highest BCUT2D eigenvalue weighted by Gasteiger charge is 2.30. The summed E-state index contributed by atoms with van der Waals surface area (Å²) in [5, 5.41) is 6.57. The first-order valence-electron chi connectivity index (χ1n) is 9.07. The van der Waals surface area contributed by atoms with Crippen LogP contribution in [0.4, 0.5) is 24.7 Å². The fourth-order valence-corrected chi connectivity index (χ4v) is 3.15.